The van der Waals surface area contributed by atoms with Crippen LogP contribution in [0.2, 0.25) is 0 Å². The Morgan fingerprint density at radius 1 is 1.17 bits per heavy atom. The van der Waals surface area contributed by atoms with Gasteiger partial charge in [-0.15, -0.1) is 0 Å². The predicted molar refractivity (Wildman–Crippen MR) is 94.4 cm³/mol. The van der Waals surface area contributed by atoms with Gasteiger partial charge < -0.3 is 9.64 Å². The van der Waals surface area contributed by atoms with Gasteiger partial charge >= 0.3 is 0 Å². The van der Waals surface area contributed by atoms with E-state index in [0.717, 1.165) is 34.9 Å². The first-order valence-corrected chi connectivity index (χ1v) is 8.42. The van der Waals surface area contributed by atoms with E-state index in [0.29, 0.717) is 5.92 Å². The van der Waals surface area contributed by atoms with Gasteiger partial charge in [0.1, 0.15) is 5.75 Å². The molecular formula is C19H22N4O. The average molecular weight is 322 g/mol. The molecule has 1 aromatic carbocycles. The first-order valence-electron chi connectivity index (χ1n) is 8.42. The second kappa shape index (κ2) is 6.24. The molecule has 0 saturated carbocycles. The minimum atomic E-state index is 0.434. The summed E-state index contributed by atoms with van der Waals surface area (Å²) in [6.07, 6.45) is 4.43. The van der Waals surface area contributed by atoms with Crippen molar-refractivity contribution >= 4 is 5.65 Å². The molecule has 1 unspecified atom stereocenters. The number of benzene rings is 1. The number of methoxy groups -OCH3 is 1. The van der Waals surface area contributed by atoms with E-state index < -0.39 is 0 Å². The average Bonchev–Trinajstić information content (AvgIpc) is 3.05. The number of likely N-dealkylation sites (N-methyl/N-ethyl adjacent to an activating group) is 1. The molecule has 1 aliphatic heterocycles. The predicted octanol–water partition coefficient (Wildman–Crippen LogP) is 3.21. The number of nitrogens with zero attached hydrogens (tertiary/aromatic N) is 4. The molecule has 0 radical (unpaired) electrons. The molecule has 124 valence electrons. The number of aromatic nitrogens is 3. The van der Waals surface area contributed by atoms with Crippen LogP contribution in [0.3, 0.4) is 0 Å². The first-order chi connectivity index (χ1) is 11.7. The second-order valence-corrected chi connectivity index (χ2v) is 6.52. The third-order valence-corrected chi connectivity index (χ3v) is 4.74. The number of hydrogen-bond acceptors (Lipinski definition) is 4. The van der Waals surface area contributed by atoms with Gasteiger partial charge in [0.2, 0.25) is 0 Å². The highest BCUT2D eigenvalue weighted by atomic mass is 16.5. The Morgan fingerprint density at radius 2 is 2.08 bits per heavy atom. The molecule has 2 aromatic heterocycles. The first kappa shape index (κ1) is 15.1. The molecule has 0 spiro atoms. The fourth-order valence-corrected chi connectivity index (χ4v) is 3.42. The topological polar surface area (TPSA) is 42.7 Å². The van der Waals surface area contributed by atoms with E-state index in [1.165, 1.54) is 19.4 Å². The molecule has 3 aromatic rings. The van der Waals surface area contributed by atoms with Crippen molar-refractivity contribution in [3.63, 3.8) is 0 Å². The highest BCUT2D eigenvalue weighted by Crippen LogP contribution is 2.26. The van der Waals surface area contributed by atoms with Gasteiger partial charge in [0.05, 0.1) is 7.11 Å². The van der Waals surface area contributed by atoms with Crippen LogP contribution < -0.4 is 4.74 Å². The molecule has 3 heterocycles. The molecule has 4 rings (SSSR count). The molecule has 1 atom stereocenters. The largest absolute Gasteiger partial charge is 0.497 e. The quantitative estimate of drug-likeness (QED) is 0.742. The number of ether oxygens (including phenoxy) is 1. The molecular weight excluding hydrogens is 300 g/mol. The van der Waals surface area contributed by atoms with Crippen molar-refractivity contribution in [2.24, 2.45) is 0 Å². The van der Waals surface area contributed by atoms with Gasteiger partial charge in [-0.2, -0.15) is 5.10 Å². The third-order valence-electron chi connectivity index (χ3n) is 4.74. The van der Waals surface area contributed by atoms with Crippen molar-refractivity contribution in [2.75, 3.05) is 27.2 Å². The molecule has 1 saturated heterocycles. The smallest absolute Gasteiger partial charge is 0.156 e. The molecule has 0 amide bonds. The summed E-state index contributed by atoms with van der Waals surface area (Å²) in [7, 11) is 3.86. The zero-order chi connectivity index (χ0) is 16.5. The van der Waals surface area contributed by atoms with Crippen molar-refractivity contribution in [3.8, 4) is 16.9 Å². The summed E-state index contributed by atoms with van der Waals surface area (Å²) in [6, 6.07) is 12.2. The zero-order valence-electron chi connectivity index (χ0n) is 14.1. The van der Waals surface area contributed by atoms with Crippen LogP contribution in [-0.4, -0.2) is 46.7 Å². The van der Waals surface area contributed by atoms with Gasteiger partial charge in [0.25, 0.3) is 0 Å². The second-order valence-electron chi connectivity index (χ2n) is 6.52. The van der Waals surface area contributed by atoms with Gasteiger partial charge in [-0.3, -0.25) is 0 Å². The summed E-state index contributed by atoms with van der Waals surface area (Å²) in [6.45, 7) is 2.21. The molecule has 1 fully saturated rings. The van der Waals surface area contributed by atoms with Crippen molar-refractivity contribution in [1.29, 1.82) is 0 Å². The van der Waals surface area contributed by atoms with Crippen LogP contribution in [0.1, 0.15) is 24.6 Å². The lowest BCUT2D eigenvalue weighted by Gasteiger charge is -2.27. The molecule has 0 bridgehead atoms. The normalized spacial score (nSPS) is 18.8. The Labute approximate surface area is 141 Å². The van der Waals surface area contributed by atoms with Crippen molar-refractivity contribution in [1.82, 2.24) is 19.5 Å². The summed E-state index contributed by atoms with van der Waals surface area (Å²) in [5, 5.41) is 4.75. The number of fused-ring (bicyclic) bond motifs is 1. The monoisotopic (exact) mass is 322 g/mol. The lowest BCUT2D eigenvalue weighted by Crippen LogP contribution is -2.31. The Kier molecular flexibility index (Phi) is 3.94. The number of likely N-dealkylation sites (tertiary alicyclic amines) is 1. The molecule has 5 nitrogen and oxygen atoms in total. The summed E-state index contributed by atoms with van der Waals surface area (Å²) in [4.78, 5) is 7.10. The van der Waals surface area contributed by atoms with Crippen LogP contribution in [0.25, 0.3) is 16.8 Å². The number of hydrogen-bond donors (Lipinski definition) is 0. The number of rotatable bonds is 3. The fraction of sp³-hybridized carbons (Fsp3) is 0.368. The molecule has 1 aliphatic rings. The Balaban J connectivity index is 1.68. The van der Waals surface area contributed by atoms with Crippen molar-refractivity contribution in [2.45, 2.75) is 18.8 Å². The maximum Gasteiger partial charge on any atom is 0.156 e. The van der Waals surface area contributed by atoms with Crippen molar-refractivity contribution in [3.05, 3.63) is 48.4 Å². The molecule has 0 N–H and O–H groups in total. The van der Waals surface area contributed by atoms with Gasteiger partial charge in [-0.05, 0) is 56.3 Å². The fourth-order valence-electron chi connectivity index (χ4n) is 3.42. The van der Waals surface area contributed by atoms with Crippen LogP contribution in [0.4, 0.5) is 0 Å². The Hall–Kier alpha value is -2.40. The Bertz CT molecular complexity index is 857. The lowest BCUT2D eigenvalue weighted by molar-refractivity contribution is 0.246. The molecule has 0 aliphatic carbocycles. The minimum absolute atomic E-state index is 0.434. The van der Waals surface area contributed by atoms with E-state index in [2.05, 4.69) is 24.1 Å². The third kappa shape index (κ3) is 2.87. The van der Waals surface area contributed by atoms with E-state index in [9.17, 15) is 0 Å². The number of pyridine rings is 1. The maximum absolute atomic E-state index is 5.32. The van der Waals surface area contributed by atoms with Crippen LogP contribution in [0.5, 0.6) is 5.75 Å². The standard InChI is InChI=1S/C19H22N4O/c1-22-10-4-6-16(12-22)19-20-18-9-8-15(13-23(18)21-19)14-5-3-7-17(11-14)24-2/h3,5,7-9,11,13,16H,4,6,10,12H2,1-2H3. The minimum Gasteiger partial charge on any atom is -0.497 e. The molecule has 5 heteroatoms. The maximum atomic E-state index is 5.32. The highest BCUT2D eigenvalue weighted by Gasteiger charge is 2.22. The summed E-state index contributed by atoms with van der Waals surface area (Å²) in [5.74, 6) is 2.25. The van der Waals surface area contributed by atoms with E-state index >= 15 is 0 Å². The lowest BCUT2D eigenvalue weighted by atomic mass is 9.98. The van der Waals surface area contributed by atoms with Gasteiger partial charge in [-0.25, -0.2) is 9.50 Å². The number of piperidine rings is 1. The van der Waals surface area contributed by atoms with Gasteiger partial charge in [0, 0.05) is 24.2 Å². The molecule has 24 heavy (non-hydrogen) atoms. The summed E-state index contributed by atoms with van der Waals surface area (Å²) < 4.78 is 7.22. The van der Waals surface area contributed by atoms with Crippen LogP contribution in [-0.2, 0) is 0 Å². The highest BCUT2D eigenvalue weighted by molar-refractivity contribution is 5.65. The van der Waals surface area contributed by atoms with E-state index in [4.69, 9.17) is 14.8 Å². The van der Waals surface area contributed by atoms with E-state index in [-0.39, 0.29) is 0 Å². The van der Waals surface area contributed by atoms with Gasteiger partial charge in [-0.1, -0.05) is 12.1 Å². The van der Waals surface area contributed by atoms with Crippen LogP contribution in [0.15, 0.2) is 42.6 Å². The summed E-state index contributed by atoms with van der Waals surface area (Å²) >= 11 is 0. The van der Waals surface area contributed by atoms with Gasteiger partial charge in [0.15, 0.2) is 11.5 Å². The van der Waals surface area contributed by atoms with Crippen LogP contribution in [0, 0.1) is 0 Å². The van der Waals surface area contributed by atoms with Crippen LogP contribution >= 0.6 is 0 Å². The van der Waals surface area contributed by atoms with E-state index in [1.54, 1.807) is 7.11 Å². The van der Waals surface area contributed by atoms with E-state index in [1.807, 2.05) is 35.0 Å². The summed E-state index contributed by atoms with van der Waals surface area (Å²) in [5.41, 5.74) is 3.13. The SMILES string of the molecule is COc1cccc(-c2ccc3nc(C4CCCN(C)C4)nn3c2)c1. The zero-order valence-corrected chi connectivity index (χ0v) is 14.1. The van der Waals surface area contributed by atoms with Crippen molar-refractivity contribution < 1.29 is 4.74 Å². The Morgan fingerprint density at radius 3 is 2.92 bits per heavy atom.